The van der Waals surface area contributed by atoms with E-state index in [2.05, 4.69) is 158 Å². The van der Waals surface area contributed by atoms with Gasteiger partial charge in [0.05, 0.1) is 0 Å². The number of aryl methyl sites for hydroxylation is 16. The fourth-order valence-electron chi connectivity index (χ4n) is 11.6. The molecule has 7 rings (SSSR count). The van der Waals surface area contributed by atoms with E-state index in [1.165, 1.54) is 38.9 Å². The predicted molar refractivity (Wildman–Crippen MR) is 263 cm³/mol. The van der Waals surface area contributed by atoms with Crippen molar-refractivity contribution < 1.29 is 0 Å². The Morgan fingerprint density at radius 2 is 0.333 bits per heavy atom. The second-order valence-corrected chi connectivity index (χ2v) is 18.4. The third-order valence-electron chi connectivity index (χ3n) is 13.6. The van der Waals surface area contributed by atoms with E-state index in [0.29, 0.717) is 0 Å². The first-order chi connectivity index (χ1) is 29.5. The average Bonchev–Trinajstić information content (AvgIpc) is 3.15. The Bertz CT molecular complexity index is 2860. The highest BCUT2D eigenvalue weighted by Gasteiger charge is 2.29. The van der Waals surface area contributed by atoms with Gasteiger partial charge in [0.25, 0.3) is 0 Å². The van der Waals surface area contributed by atoms with Crippen LogP contribution in [0.15, 0.2) is 12.1 Å². The fourth-order valence-corrected chi connectivity index (χ4v) is 11.6. The summed E-state index contributed by atoms with van der Waals surface area (Å²) in [6.45, 7) is 45.4. The molecule has 0 N–H and O–H groups in total. The predicted octanol–water partition coefficient (Wildman–Crippen LogP) is 13.9. The second-order valence-electron chi connectivity index (χ2n) is 18.4. The maximum absolute atomic E-state index is 5.36. The molecule has 63 heavy (non-hydrogen) atoms. The summed E-state index contributed by atoms with van der Waals surface area (Å²) in [5.41, 5.74) is 36.0. The normalized spacial score (nSPS) is 11.6. The Morgan fingerprint density at radius 1 is 0.190 bits per heavy atom. The Labute approximate surface area is 376 Å². The van der Waals surface area contributed by atoms with Crippen molar-refractivity contribution in [3.05, 3.63) is 131 Å². The second kappa shape index (κ2) is 16.3. The van der Waals surface area contributed by atoms with Crippen molar-refractivity contribution in [2.75, 3.05) is 0 Å². The van der Waals surface area contributed by atoms with Crippen molar-refractivity contribution in [1.82, 2.24) is 34.9 Å². The topological polar surface area (TPSA) is 90.2 Å². The maximum atomic E-state index is 5.36. The lowest BCUT2D eigenvalue weighted by Crippen LogP contribution is -2.10. The molecule has 0 spiro atoms. The smallest absolute Gasteiger partial charge is 0.0458 e. The molecule has 0 fully saturated rings. The Balaban J connectivity index is 1.50. The molecule has 0 saturated carbocycles. The zero-order chi connectivity index (χ0) is 46.4. The van der Waals surface area contributed by atoms with Crippen molar-refractivity contribution >= 4 is 0 Å². The van der Waals surface area contributed by atoms with Gasteiger partial charge < -0.3 is 0 Å². The highest BCUT2D eigenvalue weighted by atomic mass is 14.8. The van der Waals surface area contributed by atoms with E-state index in [0.717, 1.165) is 146 Å². The summed E-state index contributed by atoms with van der Waals surface area (Å²) in [6.07, 6.45) is 0. The summed E-state index contributed by atoms with van der Waals surface area (Å²) < 4.78 is 0. The number of pyridine rings is 7. The van der Waals surface area contributed by atoms with E-state index in [-0.39, 0.29) is 0 Å². The van der Waals surface area contributed by atoms with Gasteiger partial charge in [0, 0.05) is 146 Å². The van der Waals surface area contributed by atoms with Gasteiger partial charge in [-0.25, -0.2) is 0 Å². The van der Waals surface area contributed by atoms with Crippen LogP contribution in [0.5, 0.6) is 0 Å². The van der Waals surface area contributed by atoms with Crippen molar-refractivity contribution in [1.29, 1.82) is 0 Å². The monoisotopic (exact) mass is 836 g/mol. The number of rotatable bonds is 6. The molecule has 0 aliphatic rings. The highest BCUT2D eigenvalue weighted by Crippen LogP contribution is 2.48. The van der Waals surface area contributed by atoms with Crippen molar-refractivity contribution in [2.24, 2.45) is 0 Å². The van der Waals surface area contributed by atoms with Crippen LogP contribution >= 0.6 is 0 Å². The summed E-state index contributed by atoms with van der Waals surface area (Å²) in [4.78, 5) is 36.3. The first kappa shape index (κ1) is 45.1. The molecule has 0 saturated heterocycles. The first-order valence-electron chi connectivity index (χ1n) is 22.3. The minimum Gasteiger partial charge on any atom is -0.258 e. The van der Waals surface area contributed by atoms with Crippen LogP contribution < -0.4 is 0 Å². The van der Waals surface area contributed by atoms with Crippen LogP contribution in [-0.4, -0.2) is 34.9 Å². The molecule has 7 heterocycles. The Hall–Kier alpha value is -5.95. The molecular weight excluding hydrogens is 771 g/mol. The summed E-state index contributed by atoms with van der Waals surface area (Å²) in [6, 6.07) is 4.35. The van der Waals surface area contributed by atoms with Gasteiger partial charge in [-0.1, -0.05) is 0 Å². The molecule has 0 amide bonds. The van der Waals surface area contributed by atoms with Crippen LogP contribution in [0.1, 0.15) is 119 Å². The third kappa shape index (κ3) is 7.27. The Morgan fingerprint density at radius 3 is 0.492 bits per heavy atom. The number of nitrogens with zero attached hydrogens (tertiary/aromatic N) is 7. The number of hydrogen-bond acceptors (Lipinski definition) is 7. The van der Waals surface area contributed by atoms with Crippen LogP contribution in [0.3, 0.4) is 0 Å². The van der Waals surface area contributed by atoms with Gasteiger partial charge in [-0.15, -0.1) is 0 Å². The van der Waals surface area contributed by atoms with Gasteiger partial charge in [-0.05, 0) is 196 Å². The lowest BCUT2D eigenvalue weighted by atomic mass is 9.81. The summed E-state index contributed by atoms with van der Waals surface area (Å²) >= 11 is 0. The van der Waals surface area contributed by atoms with E-state index in [1.807, 2.05) is 0 Å². The van der Waals surface area contributed by atoms with E-state index < -0.39 is 0 Å². The zero-order valence-electron chi connectivity index (χ0n) is 41.8. The molecule has 0 bridgehead atoms. The minimum atomic E-state index is 0.983. The van der Waals surface area contributed by atoms with E-state index in [9.17, 15) is 0 Å². The maximum Gasteiger partial charge on any atom is 0.0458 e. The SMILES string of the molecule is Cc1cc(C)c(-c2c(C)nc(C)c(-c3c(C)nc(C)c(-c4c(C)nc(C)c(-c5c(C)nc(C)c(-c6c(C)nc(C)c(-c7c(C)cc(C)nc7C)c6C)c5C)c4C)c3C)c2C)c(C)n1. The molecule has 324 valence electrons. The van der Waals surface area contributed by atoms with Crippen LogP contribution in [-0.2, 0) is 0 Å². The van der Waals surface area contributed by atoms with Gasteiger partial charge in [0.1, 0.15) is 0 Å². The van der Waals surface area contributed by atoms with Crippen molar-refractivity contribution in [3.8, 4) is 66.8 Å². The molecule has 0 radical (unpaired) electrons. The van der Waals surface area contributed by atoms with E-state index >= 15 is 0 Å². The quantitative estimate of drug-likeness (QED) is 0.165. The van der Waals surface area contributed by atoms with Gasteiger partial charge >= 0.3 is 0 Å². The number of hydrogen-bond donors (Lipinski definition) is 0. The molecule has 7 heteroatoms. The molecule has 7 aromatic heterocycles. The molecule has 0 aromatic carbocycles. The molecule has 7 nitrogen and oxygen atoms in total. The molecule has 0 unspecified atom stereocenters. The lowest BCUT2D eigenvalue weighted by molar-refractivity contribution is 1.05. The number of aromatic nitrogens is 7. The van der Waals surface area contributed by atoms with Gasteiger partial charge in [0.2, 0.25) is 0 Å². The highest BCUT2D eigenvalue weighted by molar-refractivity contribution is 5.93. The van der Waals surface area contributed by atoms with Gasteiger partial charge in [-0.2, -0.15) is 0 Å². The summed E-state index contributed by atoms with van der Waals surface area (Å²) in [5, 5.41) is 0. The summed E-state index contributed by atoms with van der Waals surface area (Å²) in [5.74, 6) is 0. The molecule has 7 aromatic rings. The first-order valence-corrected chi connectivity index (χ1v) is 22.3. The van der Waals surface area contributed by atoms with Crippen LogP contribution in [0.4, 0.5) is 0 Å². The molecular formula is C56H65N7. The third-order valence-corrected chi connectivity index (χ3v) is 13.6. The standard InChI is InChI=1S/C56H65N7/c1-24-22-26(3)57-33(10)45(24)47-28(5)49(37(14)59-35(47)12)51-30(7)53(41(18)61-39(51)16)55-32(9)56(44(21)63-43(55)20)54-31(8)52(40(17)62-42(54)19)50-29(6)48(36(13)60-38(50)15)46-25(2)23-27(4)58-34(46)11/h22-23H,1-21H3. The average molecular weight is 836 g/mol. The largest absolute Gasteiger partial charge is 0.258 e. The fraction of sp³-hybridized carbons (Fsp3) is 0.375. The van der Waals surface area contributed by atoms with Crippen molar-refractivity contribution in [2.45, 2.75) is 145 Å². The van der Waals surface area contributed by atoms with E-state index in [1.54, 1.807) is 0 Å². The molecule has 0 aliphatic heterocycles. The van der Waals surface area contributed by atoms with E-state index in [4.69, 9.17) is 34.9 Å². The van der Waals surface area contributed by atoms with Crippen LogP contribution in [0, 0.1) is 145 Å². The van der Waals surface area contributed by atoms with Crippen molar-refractivity contribution in [3.63, 3.8) is 0 Å². The molecule has 0 aliphatic carbocycles. The minimum absolute atomic E-state index is 0.983. The lowest BCUT2D eigenvalue weighted by Gasteiger charge is -2.26. The van der Waals surface area contributed by atoms with Crippen LogP contribution in [0.25, 0.3) is 66.8 Å². The molecule has 0 atom stereocenters. The van der Waals surface area contributed by atoms with Gasteiger partial charge in [0.15, 0.2) is 0 Å². The zero-order valence-corrected chi connectivity index (χ0v) is 41.8. The van der Waals surface area contributed by atoms with Gasteiger partial charge in [-0.3, -0.25) is 34.9 Å². The summed E-state index contributed by atoms with van der Waals surface area (Å²) in [7, 11) is 0. The van der Waals surface area contributed by atoms with Crippen LogP contribution in [0.2, 0.25) is 0 Å². The Kier molecular flexibility index (Phi) is 11.7.